The third-order valence-electron chi connectivity index (χ3n) is 5.18. The predicted octanol–water partition coefficient (Wildman–Crippen LogP) is 2.41. The number of nitrogens with one attached hydrogen (secondary N) is 1. The van der Waals surface area contributed by atoms with E-state index in [0.717, 1.165) is 9.56 Å². The molecule has 5 rings (SSSR count). The Kier molecular flexibility index (Phi) is 5.59. The van der Waals surface area contributed by atoms with Crippen molar-refractivity contribution < 1.29 is 14.3 Å². The van der Waals surface area contributed by atoms with E-state index in [9.17, 15) is 19.2 Å². The van der Waals surface area contributed by atoms with E-state index in [1.165, 1.54) is 44.8 Å². The smallest absolute Gasteiger partial charge is 0.352 e. The minimum atomic E-state index is -0.599. The first-order chi connectivity index (χ1) is 16.5. The molecular weight excluding hydrogens is 478 g/mol. The van der Waals surface area contributed by atoms with Gasteiger partial charge in [0.05, 0.1) is 30.4 Å². The Morgan fingerprint density at radius 3 is 2.65 bits per heavy atom. The minimum Gasteiger partial charge on any atom is -0.465 e. The van der Waals surface area contributed by atoms with Gasteiger partial charge in [-0.25, -0.2) is 18.7 Å². The van der Waals surface area contributed by atoms with Crippen LogP contribution in [0.2, 0.25) is 0 Å². The number of amides is 1. The van der Waals surface area contributed by atoms with E-state index in [-0.39, 0.29) is 29.1 Å². The third-order valence-corrected chi connectivity index (χ3v) is 6.94. The van der Waals surface area contributed by atoms with Crippen molar-refractivity contribution in [3.8, 4) is 0 Å². The number of nitrogens with zero attached hydrogens (tertiary/aromatic N) is 4. The van der Waals surface area contributed by atoms with Crippen LogP contribution in [0.1, 0.15) is 15.2 Å². The molecule has 1 amide bonds. The highest BCUT2D eigenvalue weighted by Crippen LogP contribution is 2.19. The second-order valence-electron chi connectivity index (χ2n) is 7.27. The van der Waals surface area contributed by atoms with Gasteiger partial charge in [0.2, 0.25) is 11.7 Å². The molecule has 0 aliphatic rings. The van der Waals surface area contributed by atoms with E-state index >= 15 is 0 Å². The normalized spacial score (nSPS) is 11.2. The molecule has 10 nitrogen and oxygen atoms in total. The molecular formula is C22H17N5O5S2. The molecule has 0 unspecified atom stereocenters. The van der Waals surface area contributed by atoms with Crippen LogP contribution in [0.15, 0.2) is 62.8 Å². The van der Waals surface area contributed by atoms with E-state index in [1.54, 1.807) is 29.6 Å². The van der Waals surface area contributed by atoms with E-state index in [1.807, 2.05) is 17.5 Å². The Labute approximate surface area is 199 Å². The van der Waals surface area contributed by atoms with Gasteiger partial charge in [-0.3, -0.25) is 14.2 Å². The molecule has 1 N–H and O–H groups in total. The second-order valence-corrected chi connectivity index (χ2v) is 9.21. The van der Waals surface area contributed by atoms with E-state index in [2.05, 4.69) is 10.4 Å². The lowest BCUT2D eigenvalue weighted by Gasteiger charge is -2.09. The summed E-state index contributed by atoms with van der Waals surface area (Å²) in [5, 5.41) is 10.6. The number of para-hydroxylation sites is 1. The van der Waals surface area contributed by atoms with Crippen molar-refractivity contribution in [3.63, 3.8) is 0 Å². The fraction of sp³-hybridized carbons (Fsp3) is 0.136. The molecule has 0 fully saturated rings. The van der Waals surface area contributed by atoms with Crippen molar-refractivity contribution in [2.75, 3.05) is 12.4 Å². The Bertz CT molecular complexity index is 1660. The monoisotopic (exact) mass is 495 g/mol. The number of benzene rings is 1. The molecule has 4 aromatic heterocycles. The number of carbonyl (C=O) groups excluding carboxylic acids is 2. The number of hydrogen-bond donors (Lipinski definition) is 1. The minimum absolute atomic E-state index is 0.150. The summed E-state index contributed by atoms with van der Waals surface area (Å²) < 4.78 is 8.97. The van der Waals surface area contributed by atoms with Gasteiger partial charge in [-0.05, 0) is 35.0 Å². The summed E-state index contributed by atoms with van der Waals surface area (Å²) in [5.41, 5.74) is 0.0887. The largest absolute Gasteiger partial charge is 0.465 e. The van der Waals surface area contributed by atoms with Crippen LogP contribution in [0.5, 0.6) is 0 Å². The predicted molar refractivity (Wildman–Crippen MR) is 129 cm³/mol. The van der Waals surface area contributed by atoms with Gasteiger partial charge in [-0.15, -0.1) is 27.8 Å². The van der Waals surface area contributed by atoms with E-state index in [4.69, 9.17) is 4.74 Å². The van der Waals surface area contributed by atoms with Gasteiger partial charge in [-0.2, -0.15) is 0 Å². The van der Waals surface area contributed by atoms with Gasteiger partial charge < -0.3 is 10.1 Å². The highest BCUT2D eigenvalue weighted by Gasteiger charge is 2.20. The van der Waals surface area contributed by atoms with Gasteiger partial charge in [0, 0.05) is 4.88 Å². The average molecular weight is 496 g/mol. The zero-order valence-electron chi connectivity index (χ0n) is 17.8. The second kappa shape index (κ2) is 8.72. The number of fused-ring (bicyclic) bond motifs is 3. The van der Waals surface area contributed by atoms with Crippen LogP contribution in [0, 0.1) is 0 Å². The molecule has 0 aliphatic heterocycles. The average Bonchev–Trinajstić information content (AvgIpc) is 3.58. The SMILES string of the molecule is COC(=O)c1ccccc1NC(=O)Cn1nc2n(Cc3cccs3)c(=O)c3sccc3n2c1=O. The van der Waals surface area contributed by atoms with Crippen LogP contribution in [-0.4, -0.2) is 37.7 Å². The summed E-state index contributed by atoms with van der Waals surface area (Å²) in [4.78, 5) is 52.0. The number of ether oxygens (including phenoxy) is 1. The number of carbonyl (C=O) groups is 2. The van der Waals surface area contributed by atoms with Crippen molar-refractivity contribution >= 4 is 56.2 Å². The van der Waals surface area contributed by atoms with Gasteiger partial charge in [-0.1, -0.05) is 18.2 Å². The molecule has 4 heterocycles. The number of esters is 1. The van der Waals surface area contributed by atoms with Crippen LogP contribution < -0.4 is 16.6 Å². The number of rotatable bonds is 6. The quantitative estimate of drug-likeness (QED) is 0.362. The molecule has 0 saturated carbocycles. The van der Waals surface area contributed by atoms with Crippen molar-refractivity contribution in [2.24, 2.45) is 0 Å². The number of thiophene rings is 2. The molecule has 0 saturated heterocycles. The highest BCUT2D eigenvalue weighted by molar-refractivity contribution is 7.17. The van der Waals surface area contributed by atoms with Crippen molar-refractivity contribution in [1.29, 1.82) is 0 Å². The molecule has 0 radical (unpaired) electrons. The zero-order valence-corrected chi connectivity index (χ0v) is 19.4. The van der Waals surface area contributed by atoms with Gasteiger partial charge in [0.25, 0.3) is 5.56 Å². The van der Waals surface area contributed by atoms with Crippen LogP contribution in [0.3, 0.4) is 0 Å². The fourth-order valence-electron chi connectivity index (χ4n) is 3.64. The Morgan fingerprint density at radius 2 is 1.88 bits per heavy atom. The van der Waals surface area contributed by atoms with Crippen LogP contribution >= 0.6 is 22.7 Å². The number of anilines is 1. The Morgan fingerprint density at radius 1 is 1.06 bits per heavy atom. The van der Waals surface area contributed by atoms with Gasteiger partial charge in [0.1, 0.15) is 11.2 Å². The summed E-state index contributed by atoms with van der Waals surface area (Å²) in [6.07, 6.45) is 0. The molecule has 34 heavy (non-hydrogen) atoms. The van der Waals surface area contributed by atoms with E-state index < -0.39 is 24.1 Å². The maximum Gasteiger partial charge on any atom is 0.352 e. The summed E-state index contributed by atoms with van der Waals surface area (Å²) in [7, 11) is 1.25. The first kappa shape index (κ1) is 21.8. The lowest BCUT2D eigenvalue weighted by molar-refractivity contribution is -0.117. The maximum atomic E-state index is 13.2. The van der Waals surface area contributed by atoms with Crippen molar-refractivity contribution in [3.05, 3.63) is 84.5 Å². The number of methoxy groups -OCH3 is 1. The topological polar surface area (TPSA) is 117 Å². The Hall–Kier alpha value is -4.03. The number of aromatic nitrogens is 4. The molecule has 0 atom stereocenters. The van der Waals surface area contributed by atoms with Crippen LogP contribution in [0.4, 0.5) is 5.69 Å². The van der Waals surface area contributed by atoms with Gasteiger partial charge in [0.15, 0.2) is 0 Å². The summed E-state index contributed by atoms with van der Waals surface area (Å²) in [6, 6.07) is 11.9. The van der Waals surface area contributed by atoms with E-state index in [0.29, 0.717) is 10.2 Å². The summed E-state index contributed by atoms with van der Waals surface area (Å²) >= 11 is 2.74. The first-order valence-corrected chi connectivity index (χ1v) is 11.8. The molecule has 12 heteroatoms. The molecule has 172 valence electrons. The highest BCUT2D eigenvalue weighted by atomic mass is 32.1. The van der Waals surface area contributed by atoms with Gasteiger partial charge >= 0.3 is 11.7 Å². The van der Waals surface area contributed by atoms with Crippen molar-refractivity contribution in [2.45, 2.75) is 13.1 Å². The molecule has 0 bridgehead atoms. The zero-order chi connectivity index (χ0) is 23.8. The first-order valence-electron chi connectivity index (χ1n) is 10.1. The van der Waals surface area contributed by atoms with Crippen LogP contribution in [-0.2, 0) is 22.6 Å². The number of hydrogen-bond acceptors (Lipinski definition) is 8. The standard InChI is InChI=1S/C22H17N5O5S2/c1-32-20(30)14-6-2-3-7-15(14)23-17(28)12-26-22(31)27-16-8-10-34-18(16)19(29)25(21(27)24-26)11-13-5-4-9-33-13/h2-10H,11-12H2,1H3,(H,23,28). The summed E-state index contributed by atoms with van der Waals surface area (Å²) in [5.74, 6) is -1.01. The Balaban J connectivity index is 1.55. The van der Waals surface area contributed by atoms with Crippen molar-refractivity contribution in [1.82, 2.24) is 18.7 Å². The third kappa shape index (κ3) is 3.72. The fourth-order valence-corrected chi connectivity index (χ4v) is 5.16. The molecule has 1 aromatic carbocycles. The lowest BCUT2D eigenvalue weighted by Crippen LogP contribution is -2.29. The molecule has 0 spiro atoms. The van der Waals surface area contributed by atoms with Crippen LogP contribution in [0.25, 0.3) is 16.0 Å². The lowest BCUT2D eigenvalue weighted by atomic mass is 10.2. The maximum absolute atomic E-state index is 13.2. The molecule has 0 aliphatic carbocycles. The summed E-state index contributed by atoms with van der Waals surface area (Å²) in [6.45, 7) is -0.155. The molecule has 5 aromatic rings.